The van der Waals surface area contributed by atoms with Crippen LogP contribution >= 0.6 is 0 Å². The van der Waals surface area contributed by atoms with Crippen molar-refractivity contribution in [2.75, 3.05) is 26.1 Å². The zero-order chi connectivity index (χ0) is 19.2. The van der Waals surface area contributed by atoms with E-state index in [2.05, 4.69) is 16.2 Å². The highest BCUT2D eigenvalue weighted by Crippen LogP contribution is 2.30. The van der Waals surface area contributed by atoms with Gasteiger partial charge in [-0.25, -0.2) is 10.9 Å². The molecule has 0 saturated carbocycles. The molecule has 0 aromatic heterocycles. The smallest absolute Gasteiger partial charge is 0.243 e. The van der Waals surface area contributed by atoms with Gasteiger partial charge < -0.3 is 19.5 Å². The van der Waals surface area contributed by atoms with E-state index >= 15 is 0 Å². The molecule has 0 bridgehead atoms. The van der Waals surface area contributed by atoms with Gasteiger partial charge >= 0.3 is 0 Å². The van der Waals surface area contributed by atoms with E-state index < -0.39 is 0 Å². The summed E-state index contributed by atoms with van der Waals surface area (Å²) < 4.78 is 16.0. The number of amides is 1. The van der Waals surface area contributed by atoms with Crippen LogP contribution in [0.1, 0.15) is 24.9 Å². The van der Waals surface area contributed by atoms with Gasteiger partial charge in [-0.05, 0) is 43.2 Å². The van der Waals surface area contributed by atoms with Crippen LogP contribution in [-0.2, 0) is 4.79 Å². The lowest BCUT2D eigenvalue weighted by molar-refractivity contribution is -0.117. The van der Waals surface area contributed by atoms with E-state index in [1.165, 1.54) is 0 Å². The maximum atomic E-state index is 12.6. The molecule has 2 atom stereocenters. The molecule has 0 aliphatic carbocycles. The summed E-state index contributed by atoms with van der Waals surface area (Å²) in [5.74, 6) is 1.94. The van der Waals surface area contributed by atoms with Gasteiger partial charge in [-0.15, -0.1) is 0 Å². The molecule has 1 heterocycles. The molecule has 1 aliphatic heterocycles. The van der Waals surface area contributed by atoms with Crippen LogP contribution in [0.5, 0.6) is 17.2 Å². The van der Waals surface area contributed by atoms with Gasteiger partial charge in [-0.3, -0.25) is 4.79 Å². The van der Waals surface area contributed by atoms with E-state index in [0.717, 1.165) is 11.3 Å². The summed E-state index contributed by atoms with van der Waals surface area (Å²) in [5.41, 5.74) is 7.96. The minimum Gasteiger partial charge on any atom is -0.497 e. The van der Waals surface area contributed by atoms with Crippen molar-refractivity contribution >= 4 is 11.6 Å². The molecule has 2 aromatic carbocycles. The molecule has 144 valence electrons. The highest BCUT2D eigenvalue weighted by molar-refractivity contribution is 5.96. The van der Waals surface area contributed by atoms with Crippen molar-refractivity contribution < 1.29 is 19.0 Å². The Morgan fingerprint density at radius 3 is 2.48 bits per heavy atom. The SMILES string of the molecule is CCOc1ccc(C2CC(C(=O)Nc3ccc(OC)cc3OC)NN2)cc1. The van der Waals surface area contributed by atoms with Gasteiger partial charge in [0.2, 0.25) is 5.91 Å². The lowest BCUT2D eigenvalue weighted by atomic mass is 10.0. The fourth-order valence-corrected chi connectivity index (χ4v) is 3.03. The first-order valence-electron chi connectivity index (χ1n) is 8.91. The zero-order valence-corrected chi connectivity index (χ0v) is 15.7. The third kappa shape index (κ3) is 4.50. The zero-order valence-electron chi connectivity index (χ0n) is 15.7. The first-order valence-corrected chi connectivity index (χ1v) is 8.91. The number of ether oxygens (including phenoxy) is 3. The number of nitrogens with one attached hydrogen (secondary N) is 3. The second-order valence-corrected chi connectivity index (χ2v) is 6.19. The molecule has 2 unspecified atom stereocenters. The molecule has 0 radical (unpaired) electrons. The summed E-state index contributed by atoms with van der Waals surface area (Å²) in [7, 11) is 3.14. The van der Waals surface area contributed by atoms with Crippen LogP contribution in [0.25, 0.3) is 0 Å². The number of anilines is 1. The van der Waals surface area contributed by atoms with Crippen LogP contribution in [0.2, 0.25) is 0 Å². The Balaban J connectivity index is 1.62. The predicted octanol–water partition coefficient (Wildman–Crippen LogP) is 2.65. The average molecular weight is 371 g/mol. The molecule has 27 heavy (non-hydrogen) atoms. The Hall–Kier alpha value is -2.77. The molecule has 1 aliphatic rings. The molecule has 3 N–H and O–H groups in total. The lowest BCUT2D eigenvalue weighted by Crippen LogP contribution is -2.39. The average Bonchev–Trinajstić information content (AvgIpc) is 3.19. The van der Waals surface area contributed by atoms with Crippen LogP contribution in [0.15, 0.2) is 42.5 Å². The van der Waals surface area contributed by atoms with Crippen molar-refractivity contribution in [2.45, 2.75) is 25.4 Å². The number of hydrogen-bond donors (Lipinski definition) is 3. The second kappa shape index (κ2) is 8.75. The quantitative estimate of drug-likeness (QED) is 0.694. The van der Waals surface area contributed by atoms with E-state index in [-0.39, 0.29) is 18.0 Å². The molecule has 7 heteroatoms. The molecule has 1 amide bonds. The third-order valence-electron chi connectivity index (χ3n) is 4.48. The van der Waals surface area contributed by atoms with Crippen molar-refractivity contribution in [1.82, 2.24) is 10.9 Å². The standard InChI is InChI=1S/C20H25N3O4/c1-4-27-14-7-5-13(6-8-14)17-12-18(23-22-17)20(24)21-16-10-9-15(25-2)11-19(16)26-3/h5-11,17-18,22-23H,4,12H2,1-3H3,(H,21,24). The van der Waals surface area contributed by atoms with Gasteiger partial charge in [0.1, 0.15) is 23.3 Å². The number of benzene rings is 2. The highest BCUT2D eigenvalue weighted by atomic mass is 16.5. The summed E-state index contributed by atoms with van der Waals surface area (Å²) >= 11 is 0. The Morgan fingerprint density at radius 2 is 1.81 bits per heavy atom. The summed E-state index contributed by atoms with van der Waals surface area (Å²) in [6.45, 7) is 2.59. The maximum absolute atomic E-state index is 12.6. The second-order valence-electron chi connectivity index (χ2n) is 6.19. The predicted molar refractivity (Wildman–Crippen MR) is 103 cm³/mol. The van der Waals surface area contributed by atoms with E-state index in [9.17, 15) is 4.79 Å². The van der Waals surface area contributed by atoms with E-state index in [1.54, 1.807) is 32.4 Å². The van der Waals surface area contributed by atoms with Gasteiger partial charge in [0.15, 0.2) is 0 Å². The monoisotopic (exact) mass is 371 g/mol. The van der Waals surface area contributed by atoms with Crippen LogP contribution in [-0.4, -0.2) is 32.8 Å². The van der Waals surface area contributed by atoms with Crippen LogP contribution < -0.4 is 30.4 Å². The summed E-state index contributed by atoms with van der Waals surface area (Å²) in [6.07, 6.45) is 0.637. The Morgan fingerprint density at radius 1 is 1.07 bits per heavy atom. The van der Waals surface area contributed by atoms with Crippen molar-refractivity contribution in [3.63, 3.8) is 0 Å². The summed E-state index contributed by atoms with van der Waals surface area (Å²) in [4.78, 5) is 12.6. The van der Waals surface area contributed by atoms with Crippen LogP contribution in [0.4, 0.5) is 5.69 Å². The van der Waals surface area contributed by atoms with Crippen molar-refractivity contribution in [2.24, 2.45) is 0 Å². The number of hydrazine groups is 1. The number of methoxy groups -OCH3 is 2. The van der Waals surface area contributed by atoms with Gasteiger partial charge in [-0.1, -0.05) is 12.1 Å². The molecular formula is C20H25N3O4. The maximum Gasteiger partial charge on any atom is 0.243 e. The Labute approximate surface area is 159 Å². The highest BCUT2D eigenvalue weighted by Gasteiger charge is 2.30. The van der Waals surface area contributed by atoms with Gasteiger partial charge in [-0.2, -0.15) is 0 Å². The summed E-state index contributed by atoms with van der Waals surface area (Å²) in [5, 5.41) is 2.91. The fraction of sp³-hybridized carbons (Fsp3) is 0.350. The largest absolute Gasteiger partial charge is 0.497 e. The van der Waals surface area contributed by atoms with Gasteiger partial charge in [0.05, 0.1) is 26.5 Å². The minimum absolute atomic E-state index is 0.0502. The van der Waals surface area contributed by atoms with Crippen molar-refractivity contribution in [3.05, 3.63) is 48.0 Å². The van der Waals surface area contributed by atoms with Gasteiger partial charge in [0, 0.05) is 12.1 Å². The van der Waals surface area contributed by atoms with E-state index in [1.807, 2.05) is 31.2 Å². The topological polar surface area (TPSA) is 80.9 Å². The normalized spacial score (nSPS) is 18.8. The molecule has 3 rings (SSSR count). The molecule has 1 saturated heterocycles. The van der Waals surface area contributed by atoms with Crippen LogP contribution in [0.3, 0.4) is 0 Å². The Kier molecular flexibility index (Phi) is 6.16. The Bertz CT molecular complexity index is 779. The molecule has 0 spiro atoms. The molecule has 1 fully saturated rings. The van der Waals surface area contributed by atoms with Gasteiger partial charge in [0.25, 0.3) is 0 Å². The van der Waals surface area contributed by atoms with Crippen molar-refractivity contribution in [3.8, 4) is 17.2 Å². The molecule has 7 nitrogen and oxygen atoms in total. The number of carbonyl (C=O) groups is 1. The number of carbonyl (C=O) groups excluding carboxylic acids is 1. The fourth-order valence-electron chi connectivity index (χ4n) is 3.03. The molecule has 2 aromatic rings. The number of rotatable bonds is 7. The van der Waals surface area contributed by atoms with Crippen molar-refractivity contribution in [1.29, 1.82) is 0 Å². The minimum atomic E-state index is -0.353. The first-order chi connectivity index (χ1) is 13.1. The number of hydrogen-bond acceptors (Lipinski definition) is 6. The lowest BCUT2D eigenvalue weighted by Gasteiger charge is -2.14. The van der Waals surface area contributed by atoms with E-state index in [4.69, 9.17) is 14.2 Å². The van der Waals surface area contributed by atoms with Crippen LogP contribution in [0, 0.1) is 0 Å². The summed E-state index contributed by atoms with van der Waals surface area (Å²) in [6, 6.07) is 12.9. The first kappa shape index (κ1) is 19.0. The van der Waals surface area contributed by atoms with E-state index in [0.29, 0.717) is 30.2 Å². The molecular weight excluding hydrogens is 346 g/mol. The third-order valence-corrected chi connectivity index (χ3v) is 4.48.